The van der Waals surface area contributed by atoms with E-state index >= 15 is 0 Å². The van der Waals surface area contributed by atoms with Crippen molar-refractivity contribution in [2.75, 3.05) is 19.8 Å². The number of thioether (sulfide) groups is 1. The normalized spacial score (nSPS) is 11.0. The Morgan fingerprint density at radius 1 is 1.03 bits per heavy atom. The summed E-state index contributed by atoms with van der Waals surface area (Å²) in [7, 11) is 4.08. The van der Waals surface area contributed by atoms with E-state index < -0.39 is 0 Å². The van der Waals surface area contributed by atoms with Crippen molar-refractivity contribution in [2.24, 2.45) is 0 Å². The van der Waals surface area contributed by atoms with Crippen molar-refractivity contribution in [1.82, 2.24) is 25.0 Å². The average molecular weight is 410 g/mol. The van der Waals surface area contributed by atoms with Gasteiger partial charge in [0.25, 0.3) is 0 Å². The van der Waals surface area contributed by atoms with Gasteiger partial charge in [0.1, 0.15) is 5.82 Å². The first kappa shape index (κ1) is 21.1. The van der Waals surface area contributed by atoms with E-state index in [0.29, 0.717) is 18.8 Å². The number of aromatic nitrogens is 3. The zero-order valence-corrected chi connectivity index (χ0v) is 17.9. The molecule has 29 heavy (non-hydrogen) atoms. The Morgan fingerprint density at radius 2 is 1.72 bits per heavy atom. The molecule has 7 heteroatoms. The van der Waals surface area contributed by atoms with Crippen molar-refractivity contribution in [3.8, 4) is 0 Å². The van der Waals surface area contributed by atoms with Crippen LogP contribution in [0, 0.1) is 6.92 Å². The highest BCUT2D eigenvalue weighted by Crippen LogP contribution is 2.18. The third-order valence-corrected chi connectivity index (χ3v) is 5.47. The molecule has 2 aromatic carbocycles. The fourth-order valence-corrected chi connectivity index (χ4v) is 3.83. The number of carbonyl (C=O) groups is 1. The summed E-state index contributed by atoms with van der Waals surface area (Å²) in [6.07, 6.45) is 0. The molecule has 0 saturated heterocycles. The predicted molar refractivity (Wildman–Crippen MR) is 117 cm³/mol. The SMILES string of the molecule is Cc1nnc(SCC(=O)NCc2ccccc2CN(C)C)n1Cc1ccccc1. The number of nitrogens with zero attached hydrogens (tertiary/aromatic N) is 4. The molecule has 1 N–H and O–H groups in total. The molecule has 1 heterocycles. The van der Waals surface area contributed by atoms with Crippen LogP contribution in [0.3, 0.4) is 0 Å². The van der Waals surface area contributed by atoms with Gasteiger partial charge >= 0.3 is 0 Å². The van der Waals surface area contributed by atoms with E-state index in [0.717, 1.165) is 23.1 Å². The third-order valence-electron chi connectivity index (χ3n) is 4.50. The first-order chi connectivity index (χ1) is 14.0. The molecule has 0 bridgehead atoms. The fourth-order valence-electron chi connectivity index (χ4n) is 3.02. The number of hydrogen-bond acceptors (Lipinski definition) is 5. The maximum Gasteiger partial charge on any atom is 0.230 e. The van der Waals surface area contributed by atoms with Gasteiger partial charge in [0, 0.05) is 13.1 Å². The Labute approximate surface area is 176 Å². The second-order valence-corrected chi connectivity index (χ2v) is 8.12. The molecule has 0 aliphatic heterocycles. The van der Waals surface area contributed by atoms with E-state index in [4.69, 9.17) is 0 Å². The average Bonchev–Trinajstić information content (AvgIpc) is 3.05. The lowest BCUT2D eigenvalue weighted by molar-refractivity contribution is -0.118. The summed E-state index contributed by atoms with van der Waals surface area (Å²) in [5.74, 6) is 1.14. The number of nitrogens with one attached hydrogen (secondary N) is 1. The van der Waals surface area contributed by atoms with Crippen molar-refractivity contribution in [2.45, 2.75) is 31.7 Å². The Kier molecular flexibility index (Phi) is 7.43. The van der Waals surface area contributed by atoms with Crippen LogP contribution in [-0.2, 0) is 24.4 Å². The fraction of sp³-hybridized carbons (Fsp3) is 0.318. The Morgan fingerprint density at radius 3 is 2.45 bits per heavy atom. The monoisotopic (exact) mass is 409 g/mol. The summed E-state index contributed by atoms with van der Waals surface area (Å²) in [5, 5.41) is 12.2. The van der Waals surface area contributed by atoms with Crippen LogP contribution in [0.25, 0.3) is 0 Å². The lowest BCUT2D eigenvalue weighted by Gasteiger charge is -2.14. The molecule has 0 aliphatic rings. The van der Waals surface area contributed by atoms with E-state index in [2.05, 4.69) is 44.7 Å². The smallest absolute Gasteiger partial charge is 0.230 e. The number of hydrogen-bond donors (Lipinski definition) is 1. The van der Waals surface area contributed by atoms with Crippen molar-refractivity contribution < 1.29 is 4.79 Å². The standard InChI is InChI=1S/C22H27N5OS/c1-17-24-25-22(27(17)14-18-9-5-4-6-10-18)29-16-21(28)23-13-19-11-7-8-12-20(19)15-26(2)3/h4-12H,13-16H2,1-3H3,(H,23,28). The first-order valence-corrected chi connectivity index (χ1v) is 10.6. The zero-order chi connectivity index (χ0) is 20.6. The van der Waals surface area contributed by atoms with Crippen LogP contribution >= 0.6 is 11.8 Å². The highest BCUT2D eigenvalue weighted by Gasteiger charge is 2.12. The van der Waals surface area contributed by atoms with Crippen LogP contribution < -0.4 is 5.32 Å². The van der Waals surface area contributed by atoms with Crippen molar-refractivity contribution in [3.63, 3.8) is 0 Å². The lowest BCUT2D eigenvalue weighted by Crippen LogP contribution is -2.26. The Balaban J connectivity index is 1.56. The van der Waals surface area contributed by atoms with E-state index in [1.165, 1.54) is 22.9 Å². The van der Waals surface area contributed by atoms with Gasteiger partial charge in [-0.05, 0) is 37.7 Å². The summed E-state index contributed by atoms with van der Waals surface area (Å²) in [5.41, 5.74) is 3.55. The highest BCUT2D eigenvalue weighted by molar-refractivity contribution is 7.99. The van der Waals surface area contributed by atoms with Gasteiger partial charge < -0.3 is 14.8 Å². The van der Waals surface area contributed by atoms with Gasteiger partial charge in [0.2, 0.25) is 5.91 Å². The molecule has 0 fully saturated rings. The number of benzene rings is 2. The van der Waals surface area contributed by atoms with Crippen LogP contribution in [0.2, 0.25) is 0 Å². The maximum absolute atomic E-state index is 12.4. The summed E-state index contributed by atoms with van der Waals surface area (Å²) in [6.45, 7) is 4.01. The second-order valence-electron chi connectivity index (χ2n) is 7.17. The number of carbonyl (C=O) groups excluding carboxylic acids is 1. The Bertz CT molecular complexity index is 939. The molecular weight excluding hydrogens is 382 g/mol. The minimum absolute atomic E-state index is 0.0124. The molecule has 6 nitrogen and oxygen atoms in total. The molecule has 0 spiro atoms. The van der Waals surface area contributed by atoms with Crippen LogP contribution in [0.1, 0.15) is 22.5 Å². The molecule has 152 valence electrons. The minimum Gasteiger partial charge on any atom is -0.351 e. The van der Waals surface area contributed by atoms with Gasteiger partial charge in [-0.15, -0.1) is 10.2 Å². The van der Waals surface area contributed by atoms with Crippen LogP contribution in [0.15, 0.2) is 59.8 Å². The quantitative estimate of drug-likeness (QED) is 0.550. The maximum atomic E-state index is 12.4. The summed E-state index contributed by atoms with van der Waals surface area (Å²) < 4.78 is 2.04. The minimum atomic E-state index is -0.0124. The summed E-state index contributed by atoms with van der Waals surface area (Å²) >= 11 is 1.41. The van der Waals surface area contributed by atoms with E-state index in [1.807, 2.05) is 55.9 Å². The van der Waals surface area contributed by atoms with Gasteiger partial charge in [-0.3, -0.25) is 4.79 Å². The van der Waals surface area contributed by atoms with E-state index in [-0.39, 0.29) is 5.91 Å². The van der Waals surface area contributed by atoms with Gasteiger partial charge in [-0.2, -0.15) is 0 Å². The van der Waals surface area contributed by atoms with Crippen LogP contribution in [-0.4, -0.2) is 45.4 Å². The molecule has 0 saturated carbocycles. The molecule has 0 atom stereocenters. The molecule has 0 radical (unpaired) electrons. The van der Waals surface area contributed by atoms with Gasteiger partial charge in [-0.25, -0.2) is 0 Å². The predicted octanol–water partition coefficient (Wildman–Crippen LogP) is 3.10. The summed E-state index contributed by atoms with van der Waals surface area (Å²) in [6, 6.07) is 18.4. The van der Waals surface area contributed by atoms with Crippen molar-refractivity contribution in [1.29, 1.82) is 0 Å². The highest BCUT2D eigenvalue weighted by atomic mass is 32.2. The molecule has 1 aromatic heterocycles. The molecular formula is C22H27N5OS. The third kappa shape index (κ3) is 6.17. The lowest BCUT2D eigenvalue weighted by atomic mass is 10.1. The molecule has 3 rings (SSSR count). The van der Waals surface area contributed by atoms with Gasteiger partial charge in [0.05, 0.1) is 12.3 Å². The van der Waals surface area contributed by atoms with E-state index in [1.54, 1.807) is 0 Å². The van der Waals surface area contributed by atoms with Gasteiger partial charge in [-0.1, -0.05) is 66.4 Å². The first-order valence-electron chi connectivity index (χ1n) is 9.57. The molecule has 1 amide bonds. The topological polar surface area (TPSA) is 63.1 Å². The van der Waals surface area contributed by atoms with Crippen molar-refractivity contribution in [3.05, 3.63) is 77.1 Å². The zero-order valence-electron chi connectivity index (χ0n) is 17.1. The second kappa shape index (κ2) is 10.2. The molecule has 0 aliphatic carbocycles. The summed E-state index contributed by atoms with van der Waals surface area (Å²) in [4.78, 5) is 14.5. The van der Waals surface area contributed by atoms with Gasteiger partial charge in [0.15, 0.2) is 5.16 Å². The number of rotatable bonds is 9. The number of aryl methyl sites for hydroxylation is 1. The van der Waals surface area contributed by atoms with Crippen LogP contribution in [0.5, 0.6) is 0 Å². The van der Waals surface area contributed by atoms with E-state index in [9.17, 15) is 4.79 Å². The molecule has 0 unspecified atom stereocenters. The van der Waals surface area contributed by atoms with Crippen LogP contribution in [0.4, 0.5) is 0 Å². The number of amides is 1. The molecule has 3 aromatic rings. The largest absolute Gasteiger partial charge is 0.351 e. The van der Waals surface area contributed by atoms with Crippen molar-refractivity contribution >= 4 is 17.7 Å². The Hall–Kier alpha value is -2.64.